The van der Waals surface area contributed by atoms with Crippen molar-refractivity contribution >= 4 is 116 Å². The van der Waals surface area contributed by atoms with E-state index in [9.17, 15) is 0 Å². The maximum atomic E-state index is 6.55. The summed E-state index contributed by atoms with van der Waals surface area (Å²) in [5.41, 5.74) is 1.36. The Morgan fingerprint density at radius 1 is 0.357 bits per heavy atom. The fourth-order valence-corrected chi connectivity index (χ4v) is 5.21. The van der Waals surface area contributed by atoms with Gasteiger partial charge in [-0.1, -0.05) is 134 Å². The van der Waals surface area contributed by atoms with Crippen molar-refractivity contribution in [2.45, 2.75) is 0 Å². The molecule has 0 N–H and O–H groups in total. The van der Waals surface area contributed by atoms with Crippen LogP contribution in [0.15, 0.2) is 24.3 Å². The van der Waals surface area contributed by atoms with Crippen LogP contribution >= 0.6 is 116 Å². The molecule has 0 aromatic heterocycles. The second kappa shape index (κ2) is 8.97. The standard InChI is InChI=1S/C18H4Cl10/c19-6-4-2-1-3-5(6)7-8(11(21)15(25)14(24)10(7)20)9-12(22)16(26)18(28)17(27)13(9)23/h1-4H. The maximum Gasteiger partial charge on any atom is 0.0809 e. The summed E-state index contributed by atoms with van der Waals surface area (Å²) in [6, 6.07) is 6.93. The van der Waals surface area contributed by atoms with Crippen LogP contribution in [0.5, 0.6) is 0 Å². The van der Waals surface area contributed by atoms with Crippen LogP contribution in [-0.4, -0.2) is 0 Å². The van der Waals surface area contributed by atoms with Gasteiger partial charge in [-0.25, -0.2) is 0 Å². The lowest BCUT2D eigenvalue weighted by Crippen LogP contribution is -1.95. The van der Waals surface area contributed by atoms with Gasteiger partial charge in [0.1, 0.15) is 0 Å². The van der Waals surface area contributed by atoms with E-state index < -0.39 is 0 Å². The molecule has 3 aromatic rings. The van der Waals surface area contributed by atoms with Crippen molar-refractivity contribution in [2.24, 2.45) is 0 Å². The third-order valence-corrected chi connectivity index (χ3v) is 8.28. The van der Waals surface area contributed by atoms with Gasteiger partial charge in [-0.2, -0.15) is 0 Å². The molecule has 10 heteroatoms. The van der Waals surface area contributed by atoms with E-state index in [1.807, 2.05) is 0 Å². The Morgan fingerprint density at radius 3 is 1.18 bits per heavy atom. The summed E-state index contributed by atoms with van der Waals surface area (Å²) in [5, 5.41) is 0.627. The first-order valence-corrected chi connectivity index (χ1v) is 11.0. The second-order valence-corrected chi connectivity index (χ2v) is 9.24. The molecule has 0 aliphatic rings. The van der Waals surface area contributed by atoms with E-state index in [0.717, 1.165) is 0 Å². The minimum Gasteiger partial charge on any atom is -0.0837 e. The molecule has 0 radical (unpaired) electrons. The van der Waals surface area contributed by atoms with Crippen LogP contribution in [0.3, 0.4) is 0 Å². The van der Waals surface area contributed by atoms with Crippen molar-refractivity contribution in [2.75, 3.05) is 0 Å². The molecule has 28 heavy (non-hydrogen) atoms. The highest BCUT2D eigenvalue weighted by Crippen LogP contribution is 2.56. The Kier molecular flexibility index (Phi) is 7.44. The fraction of sp³-hybridized carbons (Fsp3) is 0. The van der Waals surface area contributed by atoms with Crippen molar-refractivity contribution in [1.29, 1.82) is 0 Å². The van der Waals surface area contributed by atoms with Crippen LogP contribution < -0.4 is 0 Å². The van der Waals surface area contributed by atoms with E-state index in [-0.39, 0.29) is 56.3 Å². The molecule has 0 amide bonds. The molecule has 0 fully saturated rings. The predicted octanol–water partition coefficient (Wildman–Crippen LogP) is 11.6. The molecule has 0 atom stereocenters. The highest BCUT2D eigenvalue weighted by atomic mass is 35.5. The lowest BCUT2D eigenvalue weighted by molar-refractivity contribution is 1.57. The first kappa shape index (κ1) is 23.2. The summed E-state index contributed by atoms with van der Waals surface area (Å²) < 4.78 is 0. The molecule has 0 spiro atoms. The molecule has 0 aliphatic heterocycles. The van der Waals surface area contributed by atoms with Gasteiger partial charge in [0.2, 0.25) is 0 Å². The van der Waals surface area contributed by atoms with Gasteiger partial charge in [-0.05, 0) is 6.07 Å². The van der Waals surface area contributed by atoms with Crippen molar-refractivity contribution in [3.05, 3.63) is 74.5 Å². The zero-order valence-corrected chi connectivity index (χ0v) is 20.6. The van der Waals surface area contributed by atoms with Crippen LogP contribution in [0.4, 0.5) is 0 Å². The van der Waals surface area contributed by atoms with Crippen LogP contribution in [0.2, 0.25) is 50.2 Å². The largest absolute Gasteiger partial charge is 0.0837 e. The van der Waals surface area contributed by atoms with Crippen molar-refractivity contribution in [3.63, 3.8) is 0 Å². The van der Waals surface area contributed by atoms with Crippen LogP contribution in [0, 0.1) is 0 Å². The van der Waals surface area contributed by atoms with E-state index in [1.54, 1.807) is 24.3 Å². The molecule has 3 rings (SSSR count). The highest BCUT2D eigenvalue weighted by molar-refractivity contribution is 6.58. The average molecular weight is 575 g/mol. The third kappa shape index (κ3) is 3.80. The summed E-state index contributed by atoms with van der Waals surface area (Å²) in [6.45, 7) is 0. The molecule has 0 saturated carbocycles. The molecule has 0 nitrogen and oxygen atoms in total. The van der Waals surface area contributed by atoms with Gasteiger partial charge in [0.15, 0.2) is 0 Å². The maximum absolute atomic E-state index is 6.55. The zero-order chi connectivity index (χ0) is 20.9. The summed E-state index contributed by atoms with van der Waals surface area (Å²) in [4.78, 5) is 0. The molecule has 146 valence electrons. The quantitative estimate of drug-likeness (QED) is 0.211. The average Bonchev–Trinajstić information content (AvgIpc) is 2.68. The molecular formula is C18H4Cl10. The molecule has 0 aliphatic carbocycles. The Morgan fingerprint density at radius 2 is 0.714 bits per heavy atom. The number of hydrogen-bond donors (Lipinski definition) is 0. The summed E-state index contributed by atoms with van der Waals surface area (Å²) in [5.74, 6) is 0. The van der Waals surface area contributed by atoms with E-state index >= 15 is 0 Å². The van der Waals surface area contributed by atoms with Crippen LogP contribution in [0.1, 0.15) is 0 Å². The minimum absolute atomic E-state index is 0.00339. The topological polar surface area (TPSA) is 0 Å². The molecule has 0 saturated heterocycles. The Labute approximate surface area is 211 Å². The van der Waals surface area contributed by atoms with E-state index in [0.29, 0.717) is 16.1 Å². The first-order valence-electron chi connectivity index (χ1n) is 7.22. The normalized spacial score (nSPS) is 11.2. The fourth-order valence-electron chi connectivity index (χ4n) is 2.61. The van der Waals surface area contributed by atoms with Crippen molar-refractivity contribution in [3.8, 4) is 22.3 Å². The SMILES string of the molecule is Clc1ccccc1-c1c(Cl)c(Cl)c(Cl)c(Cl)c1-c1c(Cl)c(Cl)c(Cl)c(Cl)c1Cl. The summed E-state index contributed by atoms with van der Waals surface area (Å²) in [6.07, 6.45) is 0. The van der Waals surface area contributed by atoms with Crippen molar-refractivity contribution < 1.29 is 0 Å². The minimum atomic E-state index is -0.00361. The molecule has 0 heterocycles. The summed E-state index contributed by atoms with van der Waals surface area (Å²) in [7, 11) is 0. The second-order valence-electron chi connectivity index (χ2n) is 5.43. The monoisotopic (exact) mass is 570 g/mol. The van der Waals surface area contributed by atoms with Gasteiger partial charge in [-0.15, -0.1) is 0 Å². The van der Waals surface area contributed by atoms with Crippen molar-refractivity contribution in [1.82, 2.24) is 0 Å². The number of hydrogen-bond acceptors (Lipinski definition) is 0. The lowest BCUT2D eigenvalue weighted by atomic mass is 9.94. The van der Waals surface area contributed by atoms with Gasteiger partial charge in [0, 0.05) is 27.3 Å². The van der Waals surface area contributed by atoms with Gasteiger partial charge < -0.3 is 0 Å². The molecule has 0 bridgehead atoms. The Hall–Kier alpha value is 0.560. The summed E-state index contributed by atoms with van der Waals surface area (Å²) >= 11 is 63.5. The first-order chi connectivity index (χ1) is 13.1. The van der Waals surface area contributed by atoms with E-state index in [2.05, 4.69) is 0 Å². The van der Waals surface area contributed by atoms with Gasteiger partial charge in [-0.3, -0.25) is 0 Å². The van der Waals surface area contributed by atoms with Gasteiger partial charge in [0.05, 0.1) is 45.2 Å². The van der Waals surface area contributed by atoms with Gasteiger partial charge in [0.25, 0.3) is 0 Å². The molecular weight excluding hydrogens is 571 g/mol. The number of rotatable bonds is 2. The number of halogens is 10. The Bertz CT molecular complexity index is 1090. The third-order valence-electron chi connectivity index (χ3n) is 3.87. The molecule has 0 unspecified atom stereocenters. The smallest absolute Gasteiger partial charge is 0.0809 e. The van der Waals surface area contributed by atoms with E-state index in [4.69, 9.17) is 116 Å². The van der Waals surface area contributed by atoms with Crippen LogP contribution in [0.25, 0.3) is 22.3 Å². The predicted molar refractivity (Wildman–Crippen MR) is 127 cm³/mol. The molecule has 3 aromatic carbocycles. The highest BCUT2D eigenvalue weighted by Gasteiger charge is 2.29. The Balaban J connectivity index is 2.60. The van der Waals surface area contributed by atoms with Gasteiger partial charge >= 0.3 is 0 Å². The lowest BCUT2D eigenvalue weighted by Gasteiger charge is -2.21. The van der Waals surface area contributed by atoms with Crippen LogP contribution in [-0.2, 0) is 0 Å². The number of benzene rings is 3. The van der Waals surface area contributed by atoms with E-state index in [1.165, 1.54) is 0 Å². The zero-order valence-electron chi connectivity index (χ0n) is 13.1.